The molecule has 0 saturated carbocycles. The molecule has 0 amide bonds. The molecule has 1 aliphatic heterocycles. The van der Waals surface area contributed by atoms with E-state index in [0.29, 0.717) is 65.4 Å². The first-order valence-electron chi connectivity index (χ1n) is 11.1. The standard InChI is InChI=1S/C27H27FO4/c1-26(2)11-17(29)23-21(13-26)32-22-14-27(3,4)12-18(30)24(22)25(23)20-10-9-19(31-20)15-7-5-6-8-16(15)28/h5-10,25H,11-14H2,1-4H3. The van der Waals surface area contributed by atoms with E-state index in [1.807, 2.05) is 0 Å². The molecule has 0 fully saturated rings. The average Bonchev–Trinajstić information content (AvgIpc) is 3.14. The number of carbonyl (C=O) groups is 2. The van der Waals surface area contributed by atoms with Gasteiger partial charge < -0.3 is 9.15 Å². The van der Waals surface area contributed by atoms with Gasteiger partial charge in [-0.15, -0.1) is 0 Å². The van der Waals surface area contributed by atoms with Gasteiger partial charge in [0.2, 0.25) is 0 Å². The zero-order valence-electron chi connectivity index (χ0n) is 18.9. The van der Waals surface area contributed by atoms with Gasteiger partial charge in [0.15, 0.2) is 11.6 Å². The highest BCUT2D eigenvalue weighted by Gasteiger charge is 2.48. The number of hydrogen-bond acceptors (Lipinski definition) is 4. The van der Waals surface area contributed by atoms with E-state index in [1.165, 1.54) is 6.07 Å². The van der Waals surface area contributed by atoms with Crippen molar-refractivity contribution in [3.8, 4) is 11.3 Å². The van der Waals surface area contributed by atoms with Crippen LogP contribution in [-0.4, -0.2) is 11.6 Å². The fourth-order valence-corrected chi connectivity index (χ4v) is 5.27. The molecular weight excluding hydrogens is 407 g/mol. The lowest BCUT2D eigenvalue weighted by atomic mass is 9.66. The zero-order chi connectivity index (χ0) is 22.8. The number of halogens is 1. The van der Waals surface area contributed by atoms with Gasteiger partial charge in [-0.1, -0.05) is 39.8 Å². The van der Waals surface area contributed by atoms with Crippen molar-refractivity contribution in [3.63, 3.8) is 0 Å². The molecule has 1 aromatic carbocycles. The van der Waals surface area contributed by atoms with Crippen LogP contribution in [0.25, 0.3) is 11.3 Å². The van der Waals surface area contributed by atoms with Crippen molar-refractivity contribution < 1.29 is 23.1 Å². The Morgan fingerprint density at radius 2 is 1.38 bits per heavy atom. The maximum atomic E-state index is 14.4. The van der Waals surface area contributed by atoms with E-state index in [2.05, 4.69) is 27.7 Å². The van der Waals surface area contributed by atoms with Crippen molar-refractivity contribution in [2.75, 3.05) is 0 Å². The number of allylic oxidation sites excluding steroid dienone is 4. The van der Waals surface area contributed by atoms with Gasteiger partial charge >= 0.3 is 0 Å². The van der Waals surface area contributed by atoms with Crippen LogP contribution in [0.5, 0.6) is 0 Å². The Hall–Kier alpha value is -2.95. The lowest BCUT2D eigenvalue weighted by molar-refractivity contribution is -0.120. The third kappa shape index (κ3) is 3.44. The molecule has 0 N–H and O–H groups in total. The number of furan rings is 1. The number of benzene rings is 1. The van der Waals surface area contributed by atoms with Crippen molar-refractivity contribution >= 4 is 11.6 Å². The minimum atomic E-state index is -0.610. The molecule has 5 rings (SSSR count). The molecule has 4 nitrogen and oxygen atoms in total. The first kappa shape index (κ1) is 20.9. The van der Waals surface area contributed by atoms with E-state index in [-0.39, 0.29) is 28.2 Å². The molecule has 0 unspecified atom stereocenters. The van der Waals surface area contributed by atoms with Gasteiger partial charge in [0, 0.05) is 36.8 Å². The summed E-state index contributed by atoms with van der Waals surface area (Å²) in [5.74, 6) is 1.11. The fraction of sp³-hybridized carbons (Fsp3) is 0.407. The van der Waals surface area contributed by atoms with Gasteiger partial charge in [0.1, 0.15) is 28.9 Å². The summed E-state index contributed by atoms with van der Waals surface area (Å²) in [4.78, 5) is 26.6. The highest BCUT2D eigenvalue weighted by atomic mass is 19.1. The van der Waals surface area contributed by atoms with Crippen LogP contribution in [-0.2, 0) is 14.3 Å². The van der Waals surface area contributed by atoms with E-state index in [1.54, 1.807) is 30.3 Å². The third-order valence-corrected chi connectivity index (χ3v) is 6.63. The predicted molar refractivity (Wildman–Crippen MR) is 118 cm³/mol. The summed E-state index contributed by atoms with van der Waals surface area (Å²) < 4.78 is 26.8. The summed E-state index contributed by atoms with van der Waals surface area (Å²) >= 11 is 0. The van der Waals surface area contributed by atoms with E-state index in [4.69, 9.17) is 9.15 Å². The van der Waals surface area contributed by atoms with Gasteiger partial charge in [0.25, 0.3) is 0 Å². The molecule has 0 radical (unpaired) electrons. The lowest BCUT2D eigenvalue weighted by Gasteiger charge is -2.42. The van der Waals surface area contributed by atoms with Crippen molar-refractivity contribution in [3.05, 3.63) is 70.6 Å². The summed E-state index contributed by atoms with van der Waals surface area (Å²) in [6.07, 6.45) is 2.01. The molecule has 2 heterocycles. The summed E-state index contributed by atoms with van der Waals surface area (Å²) in [7, 11) is 0. The van der Waals surface area contributed by atoms with Crippen LogP contribution in [0.15, 0.2) is 63.5 Å². The molecule has 0 atom stereocenters. The van der Waals surface area contributed by atoms with Crippen LogP contribution < -0.4 is 0 Å². The summed E-state index contributed by atoms with van der Waals surface area (Å²) in [6.45, 7) is 8.21. The van der Waals surface area contributed by atoms with Crippen molar-refractivity contribution in [2.24, 2.45) is 10.8 Å². The molecule has 0 saturated heterocycles. The quantitative estimate of drug-likeness (QED) is 0.542. The second kappa shape index (κ2) is 7.03. The molecule has 5 heteroatoms. The third-order valence-electron chi connectivity index (χ3n) is 6.63. The number of Topliss-reactive ketones (excluding diaryl/α,β-unsaturated/α-hetero) is 2. The molecule has 2 aromatic rings. The minimum Gasteiger partial charge on any atom is -0.465 e. The Labute approximate surface area is 187 Å². The van der Waals surface area contributed by atoms with Gasteiger partial charge in [-0.2, -0.15) is 0 Å². The first-order chi connectivity index (χ1) is 15.0. The Balaban J connectivity index is 1.67. The average molecular weight is 435 g/mol. The molecule has 1 aromatic heterocycles. The Bertz CT molecular complexity index is 1160. The second-order valence-electron chi connectivity index (χ2n) is 10.8. The van der Waals surface area contributed by atoms with E-state index in [9.17, 15) is 14.0 Å². The van der Waals surface area contributed by atoms with Crippen LogP contribution >= 0.6 is 0 Å². The molecule has 3 aliphatic rings. The maximum absolute atomic E-state index is 14.4. The zero-order valence-corrected chi connectivity index (χ0v) is 18.9. The van der Waals surface area contributed by atoms with Gasteiger partial charge in [-0.3, -0.25) is 9.59 Å². The van der Waals surface area contributed by atoms with Crippen LogP contribution in [0.3, 0.4) is 0 Å². The monoisotopic (exact) mass is 434 g/mol. The lowest BCUT2D eigenvalue weighted by Crippen LogP contribution is -2.37. The highest BCUT2D eigenvalue weighted by Crippen LogP contribution is 2.53. The molecule has 166 valence electrons. The normalized spacial score (nSPS) is 22.5. The molecule has 0 spiro atoms. The van der Waals surface area contributed by atoms with Crippen molar-refractivity contribution in [2.45, 2.75) is 59.3 Å². The molecule has 32 heavy (non-hydrogen) atoms. The predicted octanol–water partition coefficient (Wildman–Crippen LogP) is 6.49. The molecular formula is C27H27FO4. The number of rotatable bonds is 2. The van der Waals surface area contributed by atoms with Crippen molar-refractivity contribution in [1.29, 1.82) is 0 Å². The number of ketones is 2. The summed E-state index contributed by atoms with van der Waals surface area (Å²) in [5.41, 5.74) is 0.958. The molecule has 2 aliphatic carbocycles. The van der Waals surface area contributed by atoms with Crippen molar-refractivity contribution in [1.82, 2.24) is 0 Å². The Morgan fingerprint density at radius 1 is 0.812 bits per heavy atom. The largest absolute Gasteiger partial charge is 0.465 e. The Kier molecular flexibility index (Phi) is 4.59. The van der Waals surface area contributed by atoms with Crippen LogP contribution in [0.1, 0.15) is 65.1 Å². The van der Waals surface area contributed by atoms with Gasteiger partial charge in [-0.25, -0.2) is 4.39 Å². The maximum Gasteiger partial charge on any atom is 0.163 e. The minimum absolute atomic E-state index is 0.0192. The van der Waals surface area contributed by atoms with Gasteiger partial charge in [0.05, 0.1) is 11.5 Å². The van der Waals surface area contributed by atoms with E-state index >= 15 is 0 Å². The topological polar surface area (TPSA) is 56.5 Å². The Morgan fingerprint density at radius 3 is 1.94 bits per heavy atom. The fourth-order valence-electron chi connectivity index (χ4n) is 5.27. The van der Waals surface area contributed by atoms with E-state index < -0.39 is 5.92 Å². The number of hydrogen-bond donors (Lipinski definition) is 0. The number of carbonyl (C=O) groups excluding carboxylic acids is 2. The highest BCUT2D eigenvalue weighted by molar-refractivity contribution is 6.06. The van der Waals surface area contributed by atoms with Gasteiger partial charge in [-0.05, 0) is 35.1 Å². The summed E-state index contributed by atoms with van der Waals surface area (Å²) in [5, 5.41) is 0. The van der Waals surface area contributed by atoms with Crippen LogP contribution in [0.2, 0.25) is 0 Å². The second-order valence-corrected chi connectivity index (χ2v) is 10.8. The smallest absolute Gasteiger partial charge is 0.163 e. The van der Waals surface area contributed by atoms with Crippen LogP contribution in [0, 0.1) is 16.6 Å². The molecule has 0 bridgehead atoms. The van der Waals surface area contributed by atoms with Crippen LogP contribution in [0.4, 0.5) is 4.39 Å². The number of ether oxygens (including phenoxy) is 1. The SMILES string of the molecule is CC1(C)CC(=O)C2=C(C1)OC1=C(C(=O)CC(C)(C)C1)C2c1ccc(-c2ccccc2F)o1. The van der Waals surface area contributed by atoms with E-state index in [0.717, 1.165) is 0 Å². The summed E-state index contributed by atoms with van der Waals surface area (Å²) in [6, 6.07) is 9.87. The first-order valence-corrected chi connectivity index (χ1v) is 11.1.